The Bertz CT molecular complexity index is 526. The van der Waals surface area contributed by atoms with E-state index in [0.29, 0.717) is 10.5 Å². The molecule has 1 aromatic rings. The van der Waals surface area contributed by atoms with Crippen LogP contribution in [-0.4, -0.2) is 23.8 Å². The number of nitrogens with zero attached hydrogens (tertiary/aromatic N) is 1. The van der Waals surface area contributed by atoms with Gasteiger partial charge < -0.3 is 14.0 Å². The van der Waals surface area contributed by atoms with Crippen molar-refractivity contribution in [3.05, 3.63) is 15.9 Å². The van der Waals surface area contributed by atoms with E-state index in [0.717, 1.165) is 24.2 Å². The lowest BCUT2D eigenvalue weighted by Gasteiger charge is -2.32. The Morgan fingerprint density at radius 3 is 2.76 bits per heavy atom. The predicted molar refractivity (Wildman–Crippen MR) is 69.6 cm³/mol. The van der Waals surface area contributed by atoms with Crippen molar-refractivity contribution in [3.8, 4) is 0 Å². The Morgan fingerprint density at radius 2 is 2.14 bits per heavy atom. The van der Waals surface area contributed by atoms with E-state index in [1.165, 1.54) is 0 Å². The molecule has 0 radical (unpaired) electrons. The van der Waals surface area contributed by atoms with E-state index in [-0.39, 0.29) is 31.3 Å². The molecule has 2 aliphatic carbocycles. The Kier molecular flexibility index (Phi) is 4.26. The molecule has 0 spiro atoms. The lowest BCUT2D eigenvalue weighted by Crippen LogP contribution is -2.38. The minimum atomic E-state index is -2.79. The van der Waals surface area contributed by atoms with Gasteiger partial charge in [-0.25, -0.2) is 0 Å². The van der Waals surface area contributed by atoms with Crippen LogP contribution in [0.4, 0.5) is 8.78 Å². The average molecular weight is 366 g/mol. The molecular formula is C13H14BrF2NO4. The van der Waals surface area contributed by atoms with E-state index in [1.807, 2.05) is 0 Å². The van der Waals surface area contributed by atoms with E-state index in [4.69, 9.17) is 9.26 Å². The number of esters is 1. The standard InChI is InChI=1S/C13H14BrF2NO4/c14-11-9(10(21-17-11)6-1-2-6)5-19-12(18)7-3-8(4-7)20-13(15)16/h6-8,13H,1-5H2. The van der Waals surface area contributed by atoms with Gasteiger partial charge in [-0.2, -0.15) is 8.78 Å². The average Bonchev–Trinajstić information content (AvgIpc) is 3.15. The monoisotopic (exact) mass is 365 g/mol. The number of rotatable bonds is 6. The zero-order chi connectivity index (χ0) is 15.0. The van der Waals surface area contributed by atoms with Crippen LogP contribution in [0.15, 0.2) is 9.13 Å². The molecule has 5 nitrogen and oxygen atoms in total. The summed E-state index contributed by atoms with van der Waals surface area (Å²) in [5.74, 6) is 0.378. The first-order valence-electron chi connectivity index (χ1n) is 6.78. The third-order valence-corrected chi connectivity index (χ3v) is 4.42. The highest BCUT2D eigenvalue weighted by Crippen LogP contribution is 2.43. The van der Waals surface area contributed by atoms with Crippen molar-refractivity contribution >= 4 is 21.9 Å². The summed E-state index contributed by atoms with van der Waals surface area (Å²) >= 11 is 3.27. The smallest absolute Gasteiger partial charge is 0.345 e. The Morgan fingerprint density at radius 1 is 1.43 bits per heavy atom. The molecule has 0 saturated heterocycles. The normalized spacial score (nSPS) is 25.0. The summed E-state index contributed by atoms with van der Waals surface area (Å²) in [6, 6.07) is 0. The van der Waals surface area contributed by atoms with Crippen LogP contribution >= 0.6 is 15.9 Å². The molecule has 2 fully saturated rings. The number of ether oxygens (including phenoxy) is 2. The summed E-state index contributed by atoms with van der Waals surface area (Å²) < 4.78 is 39.3. The molecule has 2 saturated carbocycles. The van der Waals surface area contributed by atoms with Gasteiger partial charge in [0.1, 0.15) is 12.4 Å². The summed E-state index contributed by atoms with van der Waals surface area (Å²) in [5.41, 5.74) is 0.755. The molecule has 0 aliphatic heterocycles. The molecule has 1 heterocycles. The maximum absolute atomic E-state index is 12.0. The van der Waals surface area contributed by atoms with Gasteiger partial charge in [-0.05, 0) is 41.6 Å². The highest BCUT2D eigenvalue weighted by Gasteiger charge is 2.38. The van der Waals surface area contributed by atoms with Crippen LogP contribution in [0, 0.1) is 5.92 Å². The summed E-state index contributed by atoms with van der Waals surface area (Å²) in [6.07, 6.45) is 2.12. The van der Waals surface area contributed by atoms with Gasteiger partial charge in [0.2, 0.25) is 0 Å². The fraction of sp³-hybridized carbons (Fsp3) is 0.692. The van der Waals surface area contributed by atoms with E-state index < -0.39 is 12.7 Å². The van der Waals surface area contributed by atoms with E-state index in [1.54, 1.807) is 0 Å². The fourth-order valence-electron chi connectivity index (χ4n) is 2.37. The van der Waals surface area contributed by atoms with Gasteiger partial charge in [0, 0.05) is 5.92 Å². The van der Waals surface area contributed by atoms with Crippen molar-refractivity contribution in [2.45, 2.75) is 50.9 Å². The van der Waals surface area contributed by atoms with E-state index >= 15 is 0 Å². The van der Waals surface area contributed by atoms with Gasteiger partial charge in [-0.15, -0.1) is 0 Å². The summed E-state index contributed by atoms with van der Waals surface area (Å²) in [7, 11) is 0. The molecule has 21 heavy (non-hydrogen) atoms. The Labute approximate surface area is 128 Å². The molecular weight excluding hydrogens is 352 g/mol. The van der Waals surface area contributed by atoms with Gasteiger partial charge in [-0.1, -0.05) is 5.16 Å². The largest absolute Gasteiger partial charge is 0.460 e. The fourth-order valence-corrected chi connectivity index (χ4v) is 2.76. The molecule has 3 rings (SSSR count). The lowest BCUT2D eigenvalue weighted by atomic mass is 9.82. The van der Waals surface area contributed by atoms with Gasteiger partial charge in [0.15, 0.2) is 4.60 Å². The molecule has 1 aromatic heterocycles. The van der Waals surface area contributed by atoms with Crippen molar-refractivity contribution in [2.75, 3.05) is 0 Å². The highest BCUT2D eigenvalue weighted by atomic mass is 79.9. The van der Waals surface area contributed by atoms with Crippen molar-refractivity contribution in [1.29, 1.82) is 0 Å². The van der Waals surface area contributed by atoms with Crippen molar-refractivity contribution in [1.82, 2.24) is 5.16 Å². The molecule has 116 valence electrons. The van der Waals surface area contributed by atoms with E-state index in [9.17, 15) is 13.6 Å². The minimum absolute atomic E-state index is 0.0889. The summed E-state index contributed by atoms with van der Waals surface area (Å²) in [6.45, 7) is -2.70. The lowest BCUT2D eigenvalue weighted by molar-refractivity contribution is -0.199. The molecule has 0 N–H and O–H groups in total. The van der Waals surface area contributed by atoms with Crippen molar-refractivity contribution in [2.24, 2.45) is 5.92 Å². The molecule has 0 bridgehead atoms. The summed E-state index contributed by atoms with van der Waals surface area (Å²) in [4.78, 5) is 11.8. The van der Waals surface area contributed by atoms with Crippen molar-refractivity contribution < 1.29 is 27.6 Å². The first kappa shape index (κ1) is 14.9. The molecule has 0 amide bonds. The Hall–Kier alpha value is -1.02. The first-order valence-corrected chi connectivity index (χ1v) is 7.58. The van der Waals surface area contributed by atoms with Crippen LogP contribution in [0.2, 0.25) is 0 Å². The first-order chi connectivity index (χ1) is 10.0. The Balaban J connectivity index is 1.48. The van der Waals surface area contributed by atoms with Crippen molar-refractivity contribution in [3.63, 3.8) is 0 Å². The minimum Gasteiger partial charge on any atom is -0.460 e. The number of halogens is 3. The molecule has 0 aromatic carbocycles. The van der Waals surface area contributed by atoms with Gasteiger partial charge in [0.25, 0.3) is 0 Å². The van der Waals surface area contributed by atoms with Crippen LogP contribution < -0.4 is 0 Å². The third-order valence-electron chi connectivity index (χ3n) is 3.80. The zero-order valence-corrected chi connectivity index (χ0v) is 12.6. The highest BCUT2D eigenvalue weighted by molar-refractivity contribution is 9.10. The number of hydrogen-bond acceptors (Lipinski definition) is 5. The molecule has 8 heteroatoms. The topological polar surface area (TPSA) is 61.6 Å². The maximum Gasteiger partial charge on any atom is 0.345 e. The van der Waals surface area contributed by atoms with Crippen LogP contribution in [0.5, 0.6) is 0 Å². The number of alkyl halides is 2. The van der Waals surface area contributed by atoms with Gasteiger partial charge in [-0.3, -0.25) is 4.79 Å². The predicted octanol–water partition coefficient (Wildman–Crippen LogP) is 3.38. The van der Waals surface area contributed by atoms with Crippen LogP contribution in [0.25, 0.3) is 0 Å². The molecule has 0 atom stereocenters. The van der Waals surface area contributed by atoms with Crippen LogP contribution in [-0.2, 0) is 20.9 Å². The second-order valence-electron chi connectivity index (χ2n) is 5.39. The number of carbonyl (C=O) groups is 1. The number of carbonyl (C=O) groups excluding carboxylic acids is 1. The van der Waals surface area contributed by atoms with Crippen LogP contribution in [0.1, 0.15) is 42.9 Å². The van der Waals surface area contributed by atoms with Gasteiger partial charge >= 0.3 is 12.6 Å². The van der Waals surface area contributed by atoms with Gasteiger partial charge in [0.05, 0.1) is 17.6 Å². The number of hydrogen-bond donors (Lipinski definition) is 0. The van der Waals surface area contributed by atoms with E-state index in [2.05, 4.69) is 25.8 Å². The molecule has 2 aliphatic rings. The maximum atomic E-state index is 12.0. The summed E-state index contributed by atoms with van der Waals surface area (Å²) in [5, 5.41) is 3.83. The second-order valence-corrected chi connectivity index (χ2v) is 6.14. The quantitative estimate of drug-likeness (QED) is 0.723. The zero-order valence-electron chi connectivity index (χ0n) is 11.1. The molecule has 0 unspecified atom stereocenters. The van der Waals surface area contributed by atoms with Crippen LogP contribution in [0.3, 0.4) is 0 Å². The second kappa shape index (κ2) is 6.00. The number of aromatic nitrogens is 1. The SMILES string of the molecule is O=C(OCc1c(Br)noc1C1CC1)C1CC(OC(F)F)C1. The third kappa shape index (κ3) is 3.42.